The maximum Gasteiger partial charge on any atom is 0.309 e. The molecule has 3 rings (SSSR count). The van der Waals surface area contributed by atoms with Gasteiger partial charge in [0.05, 0.1) is 0 Å². The molecule has 3 N–H and O–H groups in total. The number of aryl methyl sites for hydroxylation is 1. The number of aromatic nitrogens is 1. The van der Waals surface area contributed by atoms with Gasteiger partial charge < -0.3 is 20.5 Å². The third-order valence-electron chi connectivity index (χ3n) is 5.72. The summed E-state index contributed by atoms with van der Waals surface area (Å²) in [7, 11) is -3.18. The molecule has 1 aliphatic heterocycles. The summed E-state index contributed by atoms with van der Waals surface area (Å²) < 4.78 is 71.2. The van der Waals surface area contributed by atoms with Crippen molar-refractivity contribution in [3.05, 3.63) is 47.0 Å². The number of nitrogens with one attached hydrogen (secondary N) is 3. The Hall–Kier alpha value is -3.39. The summed E-state index contributed by atoms with van der Waals surface area (Å²) >= 11 is 0. The number of anilines is 1. The van der Waals surface area contributed by atoms with Gasteiger partial charge in [0.1, 0.15) is 22.2 Å². The first-order chi connectivity index (χ1) is 16.9. The molecule has 0 bridgehead atoms. The van der Waals surface area contributed by atoms with E-state index in [0.29, 0.717) is 12.8 Å². The van der Waals surface area contributed by atoms with Crippen molar-refractivity contribution in [3.8, 4) is 0 Å². The van der Waals surface area contributed by atoms with Gasteiger partial charge in [-0.15, -0.1) is 0 Å². The number of hydrogen-bond donors (Lipinski definition) is 3. The number of carbonyl (C=O) groups is 3. The highest BCUT2D eigenvalue weighted by Gasteiger charge is 2.36. The van der Waals surface area contributed by atoms with Crippen molar-refractivity contribution in [1.29, 1.82) is 0 Å². The van der Waals surface area contributed by atoms with Crippen LogP contribution >= 0.6 is 0 Å². The van der Waals surface area contributed by atoms with Gasteiger partial charge in [0, 0.05) is 50.2 Å². The molecular weight excluding hydrogens is 503 g/mol. The molecule has 0 saturated carbocycles. The second kappa shape index (κ2) is 10.7. The summed E-state index contributed by atoms with van der Waals surface area (Å²) in [6.45, 7) is 2.93. The Bertz CT molecular complexity index is 1290. The van der Waals surface area contributed by atoms with E-state index in [1.807, 2.05) is 0 Å². The number of likely N-dealkylation sites (N-methyl/N-ethyl adjacent to an activating group) is 1. The van der Waals surface area contributed by atoms with Crippen LogP contribution in [0, 0.1) is 24.4 Å². The summed E-state index contributed by atoms with van der Waals surface area (Å²) in [6.07, 6.45) is 1.67. The molecule has 1 saturated heterocycles. The number of carbonyl (C=O) groups excluding carboxylic acids is 3. The number of hydrogen-bond acceptors (Lipinski definition) is 5. The third-order valence-corrected chi connectivity index (χ3v) is 7.57. The molecule has 0 spiro atoms. The maximum absolute atomic E-state index is 15.3. The van der Waals surface area contributed by atoms with E-state index in [-0.39, 0.29) is 30.9 Å². The first-order valence-corrected chi connectivity index (χ1v) is 12.5. The number of halogens is 3. The van der Waals surface area contributed by atoms with Crippen LogP contribution < -0.4 is 16.0 Å². The Kier molecular flexibility index (Phi) is 8.09. The van der Waals surface area contributed by atoms with Gasteiger partial charge in [0.25, 0.3) is 5.91 Å². The zero-order chi connectivity index (χ0) is 26.8. The standard InChI is InChI=1S/C22H26F3N5O5S/c1-4-26-21(32)22(33)27-13-6-5-7-30(10-13)36(34,35)17-11-29(3)19(18(17)25)20(31)28-14-8-15(23)12(2)16(24)9-14/h8-9,11,13H,4-7,10H2,1-3H3,(H,26,32)(H,27,33)(H,28,31)/t13-/m1/s1. The molecule has 1 atom stereocenters. The van der Waals surface area contributed by atoms with E-state index in [1.165, 1.54) is 14.0 Å². The topological polar surface area (TPSA) is 130 Å². The lowest BCUT2D eigenvalue weighted by Gasteiger charge is -2.31. The Morgan fingerprint density at radius 3 is 2.36 bits per heavy atom. The fraction of sp³-hybridized carbons (Fsp3) is 0.409. The molecule has 3 amide bonds. The molecule has 2 aromatic rings. The summed E-state index contributed by atoms with van der Waals surface area (Å²) in [5.41, 5.74) is -1.19. The highest BCUT2D eigenvalue weighted by Crippen LogP contribution is 2.27. The predicted molar refractivity (Wildman–Crippen MR) is 123 cm³/mol. The SMILES string of the molecule is CCNC(=O)C(=O)N[C@@H]1CCCN(S(=O)(=O)c2cn(C)c(C(=O)Nc3cc(F)c(C)c(F)c3)c2F)C1. The molecule has 2 heterocycles. The Labute approximate surface area is 205 Å². The maximum atomic E-state index is 15.3. The largest absolute Gasteiger partial charge is 0.348 e. The van der Waals surface area contributed by atoms with Gasteiger partial charge >= 0.3 is 11.8 Å². The van der Waals surface area contributed by atoms with Crippen molar-refractivity contribution in [2.24, 2.45) is 7.05 Å². The fourth-order valence-corrected chi connectivity index (χ4v) is 5.46. The van der Waals surface area contributed by atoms with Crippen molar-refractivity contribution in [1.82, 2.24) is 19.5 Å². The molecular formula is C22H26F3N5O5S. The van der Waals surface area contributed by atoms with Crippen molar-refractivity contribution in [3.63, 3.8) is 0 Å². The quantitative estimate of drug-likeness (QED) is 0.488. The minimum atomic E-state index is -4.43. The minimum absolute atomic E-state index is 0.0354. The molecule has 10 nitrogen and oxygen atoms in total. The van der Waals surface area contributed by atoms with Crippen LogP contribution in [0.4, 0.5) is 18.9 Å². The minimum Gasteiger partial charge on any atom is -0.348 e. The van der Waals surface area contributed by atoms with Crippen LogP contribution in [0.3, 0.4) is 0 Å². The molecule has 0 radical (unpaired) electrons. The summed E-state index contributed by atoms with van der Waals surface area (Å²) in [4.78, 5) is 35.5. The third kappa shape index (κ3) is 5.54. The summed E-state index contributed by atoms with van der Waals surface area (Å²) in [6, 6.07) is 1.04. The van der Waals surface area contributed by atoms with E-state index in [4.69, 9.17) is 0 Å². The smallest absolute Gasteiger partial charge is 0.309 e. The Balaban J connectivity index is 1.81. The first kappa shape index (κ1) is 27.2. The van der Waals surface area contributed by atoms with Gasteiger partial charge in [0.15, 0.2) is 5.82 Å². The normalized spacial score (nSPS) is 16.4. The lowest BCUT2D eigenvalue weighted by atomic mass is 10.1. The van der Waals surface area contributed by atoms with Crippen LogP contribution in [-0.4, -0.2) is 60.7 Å². The van der Waals surface area contributed by atoms with Gasteiger partial charge in [-0.25, -0.2) is 21.6 Å². The van der Waals surface area contributed by atoms with E-state index in [2.05, 4.69) is 16.0 Å². The fourth-order valence-electron chi connectivity index (χ4n) is 3.83. The molecule has 196 valence electrons. The average molecular weight is 530 g/mol. The Morgan fingerprint density at radius 1 is 1.11 bits per heavy atom. The van der Waals surface area contributed by atoms with Crippen LogP contribution in [0.2, 0.25) is 0 Å². The number of amides is 3. The monoisotopic (exact) mass is 529 g/mol. The van der Waals surface area contributed by atoms with E-state index in [1.54, 1.807) is 6.92 Å². The molecule has 36 heavy (non-hydrogen) atoms. The zero-order valence-electron chi connectivity index (χ0n) is 19.8. The number of piperidine rings is 1. The second-order valence-corrected chi connectivity index (χ2v) is 10.2. The average Bonchev–Trinajstić information content (AvgIpc) is 3.12. The zero-order valence-corrected chi connectivity index (χ0v) is 20.6. The van der Waals surface area contributed by atoms with Gasteiger partial charge in [-0.1, -0.05) is 0 Å². The molecule has 1 fully saturated rings. The van der Waals surface area contributed by atoms with Crippen LogP contribution in [-0.2, 0) is 26.7 Å². The highest BCUT2D eigenvalue weighted by molar-refractivity contribution is 7.89. The lowest BCUT2D eigenvalue weighted by Crippen LogP contribution is -2.52. The highest BCUT2D eigenvalue weighted by atomic mass is 32.2. The van der Waals surface area contributed by atoms with Crippen LogP contribution in [0.15, 0.2) is 23.2 Å². The molecule has 1 aromatic heterocycles. The lowest BCUT2D eigenvalue weighted by molar-refractivity contribution is -0.139. The number of rotatable bonds is 6. The molecule has 1 aliphatic rings. The number of nitrogens with zero attached hydrogens (tertiary/aromatic N) is 2. The molecule has 0 unspecified atom stereocenters. The van der Waals surface area contributed by atoms with Crippen molar-refractivity contribution in [2.45, 2.75) is 37.6 Å². The van der Waals surface area contributed by atoms with E-state index < -0.39 is 61.8 Å². The van der Waals surface area contributed by atoms with Crippen LogP contribution in [0.5, 0.6) is 0 Å². The van der Waals surface area contributed by atoms with Crippen LogP contribution in [0.1, 0.15) is 35.8 Å². The van der Waals surface area contributed by atoms with Gasteiger partial charge in [-0.2, -0.15) is 4.31 Å². The van der Waals surface area contributed by atoms with Crippen LogP contribution in [0.25, 0.3) is 0 Å². The van der Waals surface area contributed by atoms with E-state index in [0.717, 1.165) is 27.2 Å². The predicted octanol–water partition coefficient (Wildman–Crippen LogP) is 1.41. The number of sulfonamides is 1. The van der Waals surface area contributed by atoms with E-state index in [9.17, 15) is 31.6 Å². The van der Waals surface area contributed by atoms with E-state index >= 15 is 4.39 Å². The van der Waals surface area contributed by atoms with Gasteiger partial charge in [-0.05, 0) is 38.8 Å². The van der Waals surface area contributed by atoms with Crippen molar-refractivity contribution < 1.29 is 36.0 Å². The van der Waals surface area contributed by atoms with Crippen molar-refractivity contribution >= 4 is 33.4 Å². The molecule has 0 aliphatic carbocycles. The molecule has 1 aromatic carbocycles. The molecule has 14 heteroatoms. The number of benzene rings is 1. The van der Waals surface area contributed by atoms with Crippen molar-refractivity contribution in [2.75, 3.05) is 25.0 Å². The van der Waals surface area contributed by atoms with Gasteiger partial charge in [-0.3, -0.25) is 14.4 Å². The second-order valence-electron chi connectivity index (χ2n) is 8.32. The summed E-state index contributed by atoms with van der Waals surface area (Å²) in [5, 5.41) is 6.98. The first-order valence-electron chi connectivity index (χ1n) is 11.1. The van der Waals surface area contributed by atoms with Gasteiger partial charge in [0.2, 0.25) is 10.0 Å². The summed E-state index contributed by atoms with van der Waals surface area (Å²) in [5.74, 6) is -6.04. The Morgan fingerprint density at radius 2 is 1.75 bits per heavy atom.